The molecule has 1 aromatic heterocycles. The molecule has 0 radical (unpaired) electrons. The maximum absolute atomic E-state index is 4.70. The molecule has 0 aromatic carbocycles. The summed E-state index contributed by atoms with van der Waals surface area (Å²) < 4.78 is 0. The fourth-order valence-electron chi connectivity index (χ4n) is 2.66. The lowest BCUT2D eigenvalue weighted by Crippen LogP contribution is -2.20. The molecule has 1 aromatic rings. The number of thiazole rings is 1. The van der Waals surface area contributed by atoms with Crippen molar-refractivity contribution in [3.8, 4) is 0 Å². The van der Waals surface area contributed by atoms with Gasteiger partial charge in [-0.3, -0.25) is 4.90 Å². The molecule has 1 unspecified atom stereocenters. The molecule has 0 aliphatic carbocycles. The first-order valence-electron chi connectivity index (χ1n) is 7.18. The second-order valence-electron chi connectivity index (χ2n) is 5.19. The molecule has 102 valence electrons. The molecule has 2 heterocycles. The summed E-state index contributed by atoms with van der Waals surface area (Å²) in [5.41, 5.74) is 1.25. The molecule has 3 nitrogen and oxygen atoms in total. The largest absolute Gasteiger partial charge is 0.311 e. The van der Waals surface area contributed by atoms with E-state index in [1.165, 1.54) is 43.1 Å². The molecule has 4 heteroatoms. The van der Waals surface area contributed by atoms with E-state index >= 15 is 0 Å². The van der Waals surface area contributed by atoms with Gasteiger partial charge in [0.2, 0.25) is 0 Å². The van der Waals surface area contributed by atoms with Crippen LogP contribution in [0.5, 0.6) is 0 Å². The zero-order chi connectivity index (χ0) is 12.8. The highest BCUT2D eigenvalue weighted by Gasteiger charge is 2.22. The normalized spacial score (nSPS) is 20.7. The van der Waals surface area contributed by atoms with Crippen molar-refractivity contribution < 1.29 is 0 Å². The van der Waals surface area contributed by atoms with Crippen LogP contribution in [0, 0.1) is 5.92 Å². The Morgan fingerprint density at radius 3 is 3.17 bits per heavy atom. The predicted molar refractivity (Wildman–Crippen MR) is 77.8 cm³/mol. The topological polar surface area (TPSA) is 28.2 Å². The molecule has 0 saturated carbocycles. The van der Waals surface area contributed by atoms with Crippen molar-refractivity contribution in [3.05, 3.63) is 16.1 Å². The van der Waals surface area contributed by atoms with Crippen molar-refractivity contribution in [1.29, 1.82) is 0 Å². The van der Waals surface area contributed by atoms with E-state index in [1.54, 1.807) is 11.3 Å². The van der Waals surface area contributed by atoms with Crippen LogP contribution >= 0.6 is 11.3 Å². The summed E-state index contributed by atoms with van der Waals surface area (Å²) >= 11 is 1.78. The first kappa shape index (κ1) is 14.0. The third-order valence-electron chi connectivity index (χ3n) is 3.58. The average Bonchev–Trinajstić information content (AvgIpc) is 2.98. The van der Waals surface area contributed by atoms with Crippen LogP contribution < -0.4 is 5.32 Å². The van der Waals surface area contributed by atoms with Crippen LogP contribution in [0.3, 0.4) is 0 Å². The van der Waals surface area contributed by atoms with E-state index in [4.69, 9.17) is 4.98 Å². The highest BCUT2D eigenvalue weighted by atomic mass is 32.1. The molecule has 1 saturated heterocycles. The second-order valence-corrected chi connectivity index (χ2v) is 6.13. The summed E-state index contributed by atoms with van der Waals surface area (Å²) in [5.74, 6) is 0.926. The quantitative estimate of drug-likeness (QED) is 0.823. The van der Waals surface area contributed by atoms with Gasteiger partial charge in [-0.1, -0.05) is 20.3 Å². The van der Waals surface area contributed by atoms with Crippen molar-refractivity contribution in [3.63, 3.8) is 0 Å². The zero-order valence-electron chi connectivity index (χ0n) is 11.6. The van der Waals surface area contributed by atoms with Crippen LogP contribution in [0.4, 0.5) is 0 Å². The Labute approximate surface area is 115 Å². The van der Waals surface area contributed by atoms with E-state index in [9.17, 15) is 0 Å². The minimum atomic E-state index is 0.916. The SMILES string of the molecule is CCCC1CCN(Cc2csc(CNCC)n2)C1. The maximum Gasteiger partial charge on any atom is 0.107 e. The van der Waals surface area contributed by atoms with Crippen molar-refractivity contribution >= 4 is 11.3 Å². The van der Waals surface area contributed by atoms with Gasteiger partial charge in [0.25, 0.3) is 0 Å². The van der Waals surface area contributed by atoms with Gasteiger partial charge in [0.05, 0.1) is 5.69 Å². The number of hydrogen-bond acceptors (Lipinski definition) is 4. The van der Waals surface area contributed by atoms with Gasteiger partial charge in [-0.2, -0.15) is 0 Å². The highest BCUT2D eigenvalue weighted by molar-refractivity contribution is 7.09. The minimum Gasteiger partial charge on any atom is -0.311 e. The van der Waals surface area contributed by atoms with Crippen molar-refractivity contribution in [2.75, 3.05) is 19.6 Å². The molecule has 1 aliphatic rings. The third kappa shape index (κ3) is 4.04. The second kappa shape index (κ2) is 7.22. The Hall–Kier alpha value is -0.450. The molecular weight excluding hydrogens is 242 g/mol. The summed E-state index contributed by atoms with van der Waals surface area (Å²) in [6.07, 6.45) is 4.09. The van der Waals surface area contributed by atoms with Gasteiger partial charge in [0, 0.05) is 25.0 Å². The molecule has 18 heavy (non-hydrogen) atoms. The Balaban J connectivity index is 1.77. The Bertz CT molecular complexity index is 351. The molecule has 0 amide bonds. The van der Waals surface area contributed by atoms with Gasteiger partial charge in [-0.25, -0.2) is 4.98 Å². The van der Waals surface area contributed by atoms with E-state index < -0.39 is 0 Å². The fraction of sp³-hybridized carbons (Fsp3) is 0.786. The lowest BCUT2D eigenvalue weighted by molar-refractivity contribution is 0.309. The van der Waals surface area contributed by atoms with Gasteiger partial charge < -0.3 is 5.32 Å². The number of nitrogens with one attached hydrogen (secondary N) is 1. The maximum atomic E-state index is 4.70. The van der Waals surface area contributed by atoms with Crippen LogP contribution in [-0.2, 0) is 13.1 Å². The van der Waals surface area contributed by atoms with Crippen molar-refractivity contribution in [2.24, 2.45) is 5.92 Å². The van der Waals surface area contributed by atoms with Crippen LogP contribution in [0.15, 0.2) is 5.38 Å². The minimum absolute atomic E-state index is 0.916. The van der Waals surface area contributed by atoms with E-state index in [0.29, 0.717) is 0 Å². The molecule has 1 atom stereocenters. The van der Waals surface area contributed by atoms with Crippen LogP contribution in [0.25, 0.3) is 0 Å². The van der Waals surface area contributed by atoms with Crippen molar-refractivity contribution in [1.82, 2.24) is 15.2 Å². The zero-order valence-corrected chi connectivity index (χ0v) is 12.4. The van der Waals surface area contributed by atoms with Crippen molar-refractivity contribution in [2.45, 2.75) is 46.2 Å². The molecule has 1 fully saturated rings. The summed E-state index contributed by atoms with van der Waals surface area (Å²) in [4.78, 5) is 7.26. The number of likely N-dealkylation sites (tertiary alicyclic amines) is 1. The van der Waals surface area contributed by atoms with E-state index in [1.807, 2.05) is 0 Å². The Kier molecular flexibility index (Phi) is 5.60. The Morgan fingerprint density at radius 2 is 2.39 bits per heavy atom. The summed E-state index contributed by atoms with van der Waals surface area (Å²) in [6, 6.07) is 0. The van der Waals surface area contributed by atoms with Crippen LogP contribution in [-0.4, -0.2) is 29.5 Å². The predicted octanol–water partition coefficient (Wildman–Crippen LogP) is 2.87. The summed E-state index contributed by atoms with van der Waals surface area (Å²) in [5, 5.41) is 6.77. The molecule has 0 spiro atoms. The van der Waals surface area contributed by atoms with Gasteiger partial charge in [-0.15, -0.1) is 11.3 Å². The average molecular weight is 267 g/mol. The lowest BCUT2D eigenvalue weighted by Gasteiger charge is -2.14. The first-order valence-corrected chi connectivity index (χ1v) is 8.06. The number of aromatic nitrogens is 1. The van der Waals surface area contributed by atoms with Crippen LogP contribution in [0.1, 0.15) is 43.8 Å². The molecule has 1 N–H and O–H groups in total. The molecule has 1 aliphatic heterocycles. The third-order valence-corrected chi connectivity index (χ3v) is 4.48. The van der Waals surface area contributed by atoms with E-state index in [-0.39, 0.29) is 0 Å². The number of hydrogen-bond donors (Lipinski definition) is 1. The van der Waals surface area contributed by atoms with Gasteiger partial charge in [0.15, 0.2) is 0 Å². The fourth-order valence-corrected chi connectivity index (χ4v) is 3.42. The van der Waals surface area contributed by atoms with E-state index in [2.05, 4.69) is 29.4 Å². The van der Waals surface area contributed by atoms with Crippen LogP contribution in [0.2, 0.25) is 0 Å². The lowest BCUT2D eigenvalue weighted by atomic mass is 10.0. The monoisotopic (exact) mass is 267 g/mol. The van der Waals surface area contributed by atoms with E-state index in [0.717, 1.165) is 25.6 Å². The van der Waals surface area contributed by atoms with Gasteiger partial charge >= 0.3 is 0 Å². The first-order chi connectivity index (χ1) is 8.81. The smallest absolute Gasteiger partial charge is 0.107 e. The highest BCUT2D eigenvalue weighted by Crippen LogP contribution is 2.22. The summed E-state index contributed by atoms with van der Waals surface area (Å²) in [6.45, 7) is 9.92. The number of nitrogens with zero attached hydrogens (tertiary/aromatic N) is 2. The van der Waals surface area contributed by atoms with Gasteiger partial charge in [0.1, 0.15) is 5.01 Å². The number of rotatable bonds is 7. The molecule has 2 rings (SSSR count). The Morgan fingerprint density at radius 1 is 1.50 bits per heavy atom. The van der Waals surface area contributed by atoms with Gasteiger partial charge in [-0.05, 0) is 31.8 Å². The molecule has 0 bridgehead atoms. The summed E-state index contributed by atoms with van der Waals surface area (Å²) in [7, 11) is 0. The standard InChI is InChI=1S/C14H25N3S/c1-3-5-12-6-7-17(9-12)10-13-11-18-14(16-13)8-15-4-2/h11-12,15H,3-10H2,1-2H3. The molecular formula is C14H25N3S.